The number of benzene rings is 2. The number of esters is 2. The minimum absolute atomic E-state index is 0.426. The van der Waals surface area contributed by atoms with Crippen LogP contribution in [0.3, 0.4) is 0 Å². The molecule has 0 bridgehead atoms. The van der Waals surface area contributed by atoms with E-state index in [1.807, 2.05) is 69.3 Å². The lowest BCUT2D eigenvalue weighted by Crippen LogP contribution is -2.46. The highest BCUT2D eigenvalue weighted by Gasteiger charge is 2.57. The molecule has 0 radical (unpaired) electrons. The fourth-order valence-corrected chi connectivity index (χ4v) is 3.37. The van der Waals surface area contributed by atoms with Crippen LogP contribution in [-0.2, 0) is 19.7 Å². The smallest absolute Gasteiger partial charge is 0.327 e. The number of para-hydroxylation sites is 1. The van der Waals surface area contributed by atoms with Gasteiger partial charge in [0.25, 0.3) is 0 Å². The average molecular weight is 338 g/mol. The van der Waals surface area contributed by atoms with E-state index in [9.17, 15) is 9.59 Å². The highest BCUT2D eigenvalue weighted by atomic mass is 16.6. The first-order valence-electron chi connectivity index (χ1n) is 8.37. The summed E-state index contributed by atoms with van der Waals surface area (Å²) in [6.07, 6.45) is 0. The summed E-state index contributed by atoms with van der Waals surface area (Å²) in [5, 5.41) is 0. The van der Waals surface area contributed by atoms with Crippen molar-refractivity contribution in [3.05, 3.63) is 65.7 Å². The van der Waals surface area contributed by atoms with E-state index in [4.69, 9.17) is 9.47 Å². The van der Waals surface area contributed by atoms with Crippen LogP contribution in [0.4, 0.5) is 0 Å². The minimum atomic E-state index is -1.21. The van der Waals surface area contributed by atoms with Crippen molar-refractivity contribution in [3.8, 4) is 5.75 Å². The third-order valence-corrected chi connectivity index (χ3v) is 4.48. The summed E-state index contributed by atoms with van der Waals surface area (Å²) in [6, 6.07) is 16.5. The topological polar surface area (TPSA) is 52.6 Å². The largest absolute Gasteiger partial charge is 0.460 e. The minimum Gasteiger partial charge on any atom is -0.460 e. The van der Waals surface area contributed by atoms with Crippen LogP contribution in [0.15, 0.2) is 54.6 Å². The van der Waals surface area contributed by atoms with Gasteiger partial charge in [0.15, 0.2) is 0 Å². The van der Waals surface area contributed by atoms with E-state index < -0.39 is 28.9 Å². The number of fused-ring (bicyclic) bond motifs is 1. The highest BCUT2D eigenvalue weighted by molar-refractivity contribution is 5.99. The van der Waals surface area contributed by atoms with Gasteiger partial charge in [-0.05, 0) is 32.4 Å². The number of hydrogen-bond donors (Lipinski definition) is 0. The quantitative estimate of drug-likeness (QED) is 0.630. The van der Waals surface area contributed by atoms with Gasteiger partial charge >= 0.3 is 11.9 Å². The molecule has 1 aliphatic rings. The van der Waals surface area contributed by atoms with Crippen LogP contribution in [0.1, 0.15) is 38.8 Å². The lowest BCUT2D eigenvalue weighted by molar-refractivity contribution is -0.164. The molecule has 0 spiro atoms. The predicted octanol–water partition coefficient (Wildman–Crippen LogP) is 3.87. The summed E-state index contributed by atoms with van der Waals surface area (Å²) in [5.41, 5.74) is -0.418. The zero-order valence-corrected chi connectivity index (χ0v) is 14.9. The van der Waals surface area contributed by atoms with E-state index in [2.05, 4.69) is 0 Å². The van der Waals surface area contributed by atoms with Crippen molar-refractivity contribution in [2.75, 3.05) is 0 Å². The van der Waals surface area contributed by atoms with E-state index in [1.165, 1.54) is 0 Å². The molecule has 2 aromatic carbocycles. The van der Waals surface area contributed by atoms with Gasteiger partial charge in [0.1, 0.15) is 16.8 Å². The Bertz CT molecular complexity index is 804. The summed E-state index contributed by atoms with van der Waals surface area (Å²) in [5.74, 6) is -1.11. The average Bonchev–Trinajstić information content (AvgIpc) is 2.86. The Labute approximate surface area is 147 Å². The lowest BCUT2D eigenvalue weighted by Gasteiger charge is -2.33. The standard InChI is InChI=1S/C21H22O4/c1-14(18(22)25-20(2,3)4)21(15-10-6-5-7-11-15)16-12-8-9-13-17(16)24-19(21)23/h5-14H,1-4H3/t14-,21+/m1/s1. The normalized spacial score (nSPS) is 20.6. The molecule has 0 saturated heterocycles. The summed E-state index contributed by atoms with van der Waals surface area (Å²) in [4.78, 5) is 25.9. The fourth-order valence-electron chi connectivity index (χ4n) is 3.37. The molecule has 4 nitrogen and oxygen atoms in total. The van der Waals surface area contributed by atoms with E-state index in [1.54, 1.807) is 13.0 Å². The number of rotatable bonds is 3. The Morgan fingerprint density at radius 1 is 1.04 bits per heavy atom. The molecule has 130 valence electrons. The van der Waals surface area contributed by atoms with Crippen molar-refractivity contribution < 1.29 is 19.1 Å². The molecule has 2 aromatic rings. The maximum atomic E-state index is 13.0. The third-order valence-electron chi connectivity index (χ3n) is 4.48. The van der Waals surface area contributed by atoms with Gasteiger partial charge in [0.2, 0.25) is 0 Å². The zero-order valence-electron chi connectivity index (χ0n) is 14.9. The van der Waals surface area contributed by atoms with Crippen molar-refractivity contribution in [2.24, 2.45) is 5.92 Å². The first-order valence-corrected chi connectivity index (χ1v) is 8.37. The monoisotopic (exact) mass is 338 g/mol. The van der Waals surface area contributed by atoms with E-state index in [0.717, 1.165) is 5.56 Å². The van der Waals surface area contributed by atoms with Crippen molar-refractivity contribution in [1.82, 2.24) is 0 Å². The van der Waals surface area contributed by atoms with E-state index in [-0.39, 0.29) is 0 Å². The molecule has 0 N–H and O–H groups in total. The third kappa shape index (κ3) is 2.82. The van der Waals surface area contributed by atoms with Crippen LogP contribution in [0.2, 0.25) is 0 Å². The summed E-state index contributed by atoms with van der Waals surface area (Å²) in [6.45, 7) is 7.17. The van der Waals surface area contributed by atoms with E-state index in [0.29, 0.717) is 11.3 Å². The predicted molar refractivity (Wildman–Crippen MR) is 94.3 cm³/mol. The van der Waals surface area contributed by atoms with Gasteiger partial charge in [-0.25, -0.2) is 0 Å². The maximum Gasteiger partial charge on any atom is 0.327 e. The van der Waals surface area contributed by atoms with Crippen molar-refractivity contribution in [1.29, 1.82) is 0 Å². The molecule has 25 heavy (non-hydrogen) atoms. The number of carbonyl (C=O) groups is 2. The molecule has 0 amide bonds. The Morgan fingerprint density at radius 2 is 1.64 bits per heavy atom. The van der Waals surface area contributed by atoms with Crippen LogP contribution in [0, 0.1) is 5.92 Å². The fraction of sp³-hybridized carbons (Fsp3) is 0.333. The summed E-state index contributed by atoms with van der Waals surface area (Å²) >= 11 is 0. The van der Waals surface area contributed by atoms with Gasteiger partial charge in [-0.1, -0.05) is 55.5 Å². The van der Waals surface area contributed by atoms with Crippen molar-refractivity contribution >= 4 is 11.9 Å². The molecular formula is C21H22O4. The molecule has 0 saturated carbocycles. The van der Waals surface area contributed by atoms with E-state index >= 15 is 0 Å². The number of hydrogen-bond acceptors (Lipinski definition) is 4. The molecule has 1 aliphatic heterocycles. The molecule has 2 atom stereocenters. The maximum absolute atomic E-state index is 13.0. The molecule has 0 aromatic heterocycles. The van der Waals surface area contributed by atoms with Gasteiger partial charge in [-0.2, -0.15) is 0 Å². The van der Waals surface area contributed by atoms with Crippen molar-refractivity contribution in [3.63, 3.8) is 0 Å². The Balaban J connectivity index is 2.19. The number of carbonyl (C=O) groups excluding carboxylic acids is 2. The lowest BCUT2D eigenvalue weighted by atomic mass is 9.67. The molecular weight excluding hydrogens is 316 g/mol. The van der Waals surface area contributed by atoms with Crippen LogP contribution in [-0.4, -0.2) is 17.5 Å². The van der Waals surface area contributed by atoms with Crippen LogP contribution >= 0.6 is 0 Å². The Kier molecular flexibility index (Phi) is 4.15. The second kappa shape index (κ2) is 6.03. The first-order chi connectivity index (χ1) is 11.8. The molecule has 1 heterocycles. The van der Waals surface area contributed by atoms with Crippen molar-refractivity contribution in [2.45, 2.75) is 38.7 Å². The Morgan fingerprint density at radius 3 is 2.28 bits per heavy atom. The zero-order chi connectivity index (χ0) is 18.2. The molecule has 0 aliphatic carbocycles. The number of ether oxygens (including phenoxy) is 2. The summed E-state index contributed by atoms with van der Waals surface area (Å²) < 4.78 is 11.1. The first kappa shape index (κ1) is 17.2. The van der Waals surface area contributed by atoms with Crippen LogP contribution < -0.4 is 4.74 Å². The Hall–Kier alpha value is -2.62. The van der Waals surface area contributed by atoms with Crippen LogP contribution in [0.25, 0.3) is 0 Å². The van der Waals surface area contributed by atoms with Gasteiger partial charge in [-0.3, -0.25) is 9.59 Å². The van der Waals surface area contributed by atoms with Gasteiger partial charge in [0, 0.05) is 5.56 Å². The second-order valence-electron chi connectivity index (χ2n) is 7.31. The molecule has 0 unspecified atom stereocenters. The molecule has 0 fully saturated rings. The highest BCUT2D eigenvalue weighted by Crippen LogP contribution is 2.49. The van der Waals surface area contributed by atoms with Gasteiger partial charge in [-0.15, -0.1) is 0 Å². The SMILES string of the molecule is C[C@H](C(=O)OC(C)(C)C)[C@@]1(c2ccccc2)C(=O)Oc2ccccc21. The molecule has 4 heteroatoms. The molecule has 3 rings (SSSR count). The van der Waals surface area contributed by atoms with Gasteiger partial charge < -0.3 is 9.47 Å². The van der Waals surface area contributed by atoms with Gasteiger partial charge in [0.05, 0.1) is 5.92 Å². The second-order valence-corrected chi connectivity index (χ2v) is 7.31. The van der Waals surface area contributed by atoms with Crippen LogP contribution in [0.5, 0.6) is 5.75 Å². The summed E-state index contributed by atoms with van der Waals surface area (Å²) in [7, 11) is 0.